The molecule has 1 fully saturated rings. The van der Waals surface area contributed by atoms with E-state index in [1.807, 2.05) is 6.07 Å². The van der Waals surface area contributed by atoms with Gasteiger partial charge in [0.25, 0.3) is 0 Å². The van der Waals surface area contributed by atoms with Crippen LogP contribution in [0.25, 0.3) is 0 Å². The third kappa shape index (κ3) is 2.30. The number of isocyanates is 1. The molecule has 0 aliphatic carbocycles. The normalized spacial score (nSPS) is 21.4. The first-order valence-electron chi connectivity index (χ1n) is 5.25. The van der Waals surface area contributed by atoms with Crippen LogP contribution in [0.2, 0.25) is 0 Å². The molecule has 1 aliphatic rings. The van der Waals surface area contributed by atoms with Crippen molar-refractivity contribution in [2.45, 2.75) is 12.5 Å². The number of hydrogen-bond acceptors (Lipinski definition) is 4. The van der Waals surface area contributed by atoms with Crippen molar-refractivity contribution in [1.29, 1.82) is 0 Å². The maximum Gasteiger partial charge on any atom is 0.235 e. The largest absolute Gasteiger partial charge is 0.508 e. The highest BCUT2D eigenvalue weighted by atomic mass is 16.5. The Kier molecular flexibility index (Phi) is 3.34. The molecule has 2 unspecified atom stereocenters. The van der Waals surface area contributed by atoms with Gasteiger partial charge in [0.05, 0.1) is 12.6 Å². The van der Waals surface area contributed by atoms with Gasteiger partial charge >= 0.3 is 0 Å². The molecule has 0 aromatic heterocycles. The van der Waals surface area contributed by atoms with Gasteiger partial charge in [-0.1, -0.05) is 12.1 Å². The Morgan fingerprint density at radius 2 is 2.44 bits per heavy atom. The second-order valence-corrected chi connectivity index (χ2v) is 3.88. The monoisotopic (exact) mass is 219 g/mol. The lowest BCUT2D eigenvalue weighted by Gasteiger charge is -2.16. The van der Waals surface area contributed by atoms with Crippen LogP contribution in [0.15, 0.2) is 29.3 Å². The van der Waals surface area contributed by atoms with Gasteiger partial charge in [-0.2, -0.15) is 4.99 Å². The molecule has 0 radical (unpaired) electrons. The van der Waals surface area contributed by atoms with Crippen LogP contribution in [0.3, 0.4) is 0 Å². The molecule has 1 aliphatic heterocycles. The first-order chi connectivity index (χ1) is 7.81. The van der Waals surface area contributed by atoms with E-state index < -0.39 is 0 Å². The molecule has 0 saturated carbocycles. The summed E-state index contributed by atoms with van der Waals surface area (Å²) in [7, 11) is 0. The molecule has 0 amide bonds. The topological polar surface area (TPSA) is 58.9 Å². The van der Waals surface area contributed by atoms with E-state index in [1.165, 1.54) is 0 Å². The quantitative estimate of drug-likeness (QED) is 0.623. The van der Waals surface area contributed by atoms with Gasteiger partial charge in [0, 0.05) is 12.5 Å². The number of phenolic OH excluding ortho intramolecular Hbond substituents is 1. The lowest BCUT2D eigenvalue weighted by atomic mass is 9.93. The number of nitrogens with zero attached hydrogens (tertiary/aromatic N) is 1. The summed E-state index contributed by atoms with van der Waals surface area (Å²) in [5.74, 6) is 0.380. The molecule has 2 atom stereocenters. The van der Waals surface area contributed by atoms with Gasteiger partial charge in [-0.05, 0) is 24.1 Å². The molecule has 1 N–H and O–H groups in total. The Bertz CT molecular complexity index is 406. The number of aliphatic imine (C=N–C) groups is 1. The van der Waals surface area contributed by atoms with E-state index >= 15 is 0 Å². The molecule has 0 bridgehead atoms. The van der Waals surface area contributed by atoms with Crippen LogP contribution in [0.5, 0.6) is 5.75 Å². The molecule has 1 aromatic carbocycles. The summed E-state index contributed by atoms with van der Waals surface area (Å²) in [6.07, 6.45) is 2.48. The van der Waals surface area contributed by atoms with E-state index in [1.54, 1.807) is 24.3 Å². The third-order valence-electron chi connectivity index (χ3n) is 2.81. The summed E-state index contributed by atoms with van der Waals surface area (Å²) in [4.78, 5) is 14.3. The van der Waals surface area contributed by atoms with Crippen molar-refractivity contribution >= 4 is 6.08 Å². The molecule has 16 heavy (non-hydrogen) atoms. The summed E-state index contributed by atoms with van der Waals surface area (Å²) in [6.45, 7) is 1.31. The molecular formula is C12H13NO3. The second kappa shape index (κ2) is 4.92. The number of phenols is 1. The van der Waals surface area contributed by atoms with E-state index in [2.05, 4.69) is 4.99 Å². The fraction of sp³-hybridized carbons (Fsp3) is 0.417. The highest BCUT2D eigenvalue weighted by molar-refractivity contribution is 5.37. The van der Waals surface area contributed by atoms with Gasteiger partial charge in [-0.25, -0.2) is 4.79 Å². The van der Waals surface area contributed by atoms with Crippen molar-refractivity contribution in [2.75, 3.05) is 13.2 Å². The van der Waals surface area contributed by atoms with Crippen molar-refractivity contribution < 1.29 is 14.6 Å². The standard InChI is InChI=1S/C12H13NO3/c14-8-13-12(10-4-5-16-7-10)9-2-1-3-11(15)6-9/h1-3,6,10,12,15H,4-5,7H2. The number of rotatable bonds is 3. The van der Waals surface area contributed by atoms with Crippen LogP contribution in [-0.4, -0.2) is 24.4 Å². The summed E-state index contributed by atoms with van der Waals surface area (Å²) < 4.78 is 5.28. The fourth-order valence-electron chi connectivity index (χ4n) is 2.02. The Labute approximate surface area is 93.6 Å². The zero-order valence-corrected chi connectivity index (χ0v) is 8.80. The third-order valence-corrected chi connectivity index (χ3v) is 2.81. The average molecular weight is 219 g/mol. The highest BCUT2D eigenvalue weighted by Gasteiger charge is 2.27. The zero-order chi connectivity index (χ0) is 11.4. The van der Waals surface area contributed by atoms with Gasteiger partial charge in [-0.3, -0.25) is 0 Å². The number of aromatic hydroxyl groups is 1. The Morgan fingerprint density at radius 3 is 3.06 bits per heavy atom. The lowest BCUT2D eigenvalue weighted by Crippen LogP contribution is -2.11. The molecule has 1 saturated heterocycles. The van der Waals surface area contributed by atoms with Crippen LogP contribution in [0.4, 0.5) is 0 Å². The van der Waals surface area contributed by atoms with Gasteiger partial charge < -0.3 is 9.84 Å². The SMILES string of the molecule is O=C=NC(c1cccc(O)c1)C1CCOC1. The minimum atomic E-state index is -0.257. The first kappa shape index (κ1) is 10.9. The van der Waals surface area contributed by atoms with Crippen molar-refractivity contribution in [2.24, 2.45) is 10.9 Å². The fourth-order valence-corrected chi connectivity index (χ4v) is 2.02. The molecule has 4 heteroatoms. The Hall–Kier alpha value is -1.64. The van der Waals surface area contributed by atoms with Crippen LogP contribution in [-0.2, 0) is 9.53 Å². The minimum absolute atomic E-state index is 0.183. The van der Waals surface area contributed by atoms with Gasteiger partial charge in [-0.15, -0.1) is 0 Å². The zero-order valence-electron chi connectivity index (χ0n) is 8.80. The summed E-state index contributed by atoms with van der Waals surface area (Å²) in [5, 5.41) is 9.40. The van der Waals surface area contributed by atoms with Crippen molar-refractivity contribution in [3.63, 3.8) is 0 Å². The van der Waals surface area contributed by atoms with Crippen LogP contribution in [0, 0.1) is 5.92 Å². The maximum absolute atomic E-state index is 10.4. The lowest BCUT2D eigenvalue weighted by molar-refractivity contribution is 0.181. The first-order valence-corrected chi connectivity index (χ1v) is 5.25. The molecule has 84 valence electrons. The predicted octanol–water partition coefficient (Wildman–Crippen LogP) is 1.81. The van der Waals surface area contributed by atoms with Crippen molar-refractivity contribution in [3.8, 4) is 5.75 Å². The summed E-state index contributed by atoms with van der Waals surface area (Å²) in [6, 6.07) is 6.56. The smallest absolute Gasteiger partial charge is 0.235 e. The predicted molar refractivity (Wildman–Crippen MR) is 57.9 cm³/mol. The van der Waals surface area contributed by atoms with Crippen molar-refractivity contribution in [3.05, 3.63) is 29.8 Å². The molecule has 1 heterocycles. The van der Waals surface area contributed by atoms with Gasteiger partial charge in [0.2, 0.25) is 6.08 Å². The number of carbonyl (C=O) groups excluding carboxylic acids is 1. The molecule has 0 spiro atoms. The van der Waals surface area contributed by atoms with E-state index in [-0.39, 0.29) is 17.7 Å². The van der Waals surface area contributed by atoms with E-state index in [0.717, 1.165) is 12.0 Å². The Balaban J connectivity index is 2.27. The van der Waals surface area contributed by atoms with Crippen LogP contribution >= 0.6 is 0 Å². The molecule has 1 aromatic rings. The van der Waals surface area contributed by atoms with Gasteiger partial charge in [0.1, 0.15) is 5.75 Å². The van der Waals surface area contributed by atoms with Crippen LogP contribution < -0.4 is 0 Å². The molecular weight excluding hydrogens is 206 g/mol. The Morgan fingerprint density at radius 1 is 1.56 bits per heavy atom. The summed E-state index contributed by atoms with van der Waals surface area (Å²) >= 11 is 0. The number of ether oxygens (including phenoxy) is 1. The summed E-state index contributed by atoms with van der Waals surface area (Å²) in [5.41, 5.74) is 0.832. The van der Waals surface area contributed by atoms with Crippen LogP contribution in [0.1, 0.15) is 18.0 Å². The van der Waals surface area contributed by atoms with Gasteiger partial charge in [0.15, 0.2) is 0 Å². The second-order valence-electron chi connectivity index (χ2n) is 3.88. The van der Waals surface area contributed by atoms with E-state index in [9.17, 15) is 9.90 Å². The number of benzene rings is 1. The average Bonchev–Trinajstić information content (AvgIpc) is 2.79. The number of hydrogen-bond donors (Lipinski definition) is 1. The highest BCUT2D eigenvalue weighted by Crippen LogP contribution is 2.32. The minimum Gasteiger partial charge on any atom is -0.508 e. The van der Waals surface area contributed by atoms with E-state index in [4.69, 9.17) is 4.74 Å². The molecule has 4 nitrogen and oxygen atoms in total. The van der Waals surface area contributed by atoms with Crippen molar-refractivity contribution in [1.82, 2.24) is 0 Å². The van der Waals surface area contributed by atoms with E-state index in [0.29, 0.717) is 13.2 Å². The molecule has 2 rings (SSSR count). The maximum atomic E-state index is 10.4.